The molecule has 2 saturated heterocycles. The maximum atomic E-state index is 13.4. The van der Waals surface area contributed by atoms with Gasteiger partial charge in [-0.05, 0) is 38.5 Å². The zero-order valence-electron chi connectivity index (χ0n) is 21.9. The standard InChI is InChI=1S/C24H26ClFN5O8PS/c1-12(13-4-6-14(26)7-5-13)29-18-15(8-27)21(25)30-22-16(18)9-28-31(22)23-20-19(38-24(2,3)39-20)17(37-23)10-41(35,36)11-40(32,33)34/h4-7,9,12,17,19-20,23H,10-11H2,1-3H3,(H,29,30)(H2,32,33,34)/t12?,17-,19-,20-,23-/m1/s1. The molecule has 1 aromatic carbocycles. The van der Waals surface area contributed by atoms with Gasteiger partial charge in [0.05, 0.1) is 23.0 Å². The number of halogens is 2. The zero-order valence-corrected chi connectivity index (χ0v) is 24.4. The number of aromatic nitrogens is 3. The van der Waals surface area contributed by atoms with Gasteiger partial charge in [0.1, 0.15) is 35.8 Å². The van der Waals surface area contributed by atoms with Gasteiger partial charge in [-0.1, -0.05) is 23.7 Å². The van der Waals surface area contributed by atoms with Crippen LogP contribution < -0.4 is 5.32 Å². The van der Waals surface area contributed by atoms with Crippen LogP contribution in [0.25, 0.3) is 11.0 Å². The SMILES string of the molecule is CC(Nc1c(C#N)c(Cl)nc2c1cnn2[C@@H]1O[C@H](CS(=O)(=O)CP(=O)(O)O)[C@H]2OC(C)(C)O[C@H]21)c1ccc(F)cc1. The molecule has 0 bridgehead atoms. The van der Waals surface area contributed by atoms with E-state index < -0.39 is 64.8 Å². The summed E-state index contributed by atoms with van der Waals surface area (Å²) in [6.45, 7) is 5.09. The van der Waals surface area contributed by atoms with Crippen LogP contribution in [0.5, 0.6) is 0 Å². The van der Waals surface area contributed by atoms with E-state index in [1.165, 1.54) is 23.0 Å². The summed E-state index contributed by atoms with van der Waals surface area (Å²) in [7, 11) is -9.12. The smallest absolute Gasteiger partial charge is 0.340 e. The van der Waals surface area contributed by atoms with Crippen molar-refractivity contribution < 1.29 is 41.4 Å². The molecule has 3 N–H and O–H groups in total. The summed E-state index contributed by atoms with van der Waals surface area (Å²) in [6, 6.07) is 7.51. The van der Waals surface area contributed by atoms with Gasteiger partial charge >= 0.3 is 7.60 Å². The molecule has 0 amide bonds. The van der Waals surface area contributed by atoms with Crippen LogP contribution in [0.3, 0.4) is 0 Å². The molecule has 2 aromatic heterocycles. The van der Waals surface area contributed by atoms with Crippen molar-refractivity contribution in [2.45, 2.75) is 57.1 Å². The van der Waals surface area contributed by atoms with Gasteiger partial charge in [-0.25, -0.2) is 22.5 Å². The summed E-state index contributed by atoms with van der Waals surface area (Å²) in [6.07, 6.45) is -2.54. The Morgan fingerprint density at radius 1 is 1.27 bits per heavy atom. The van der Waals surface area contributed by atoms with E-state index in [4.69, 9.17) is 25.8 Å². The molecule has 0 saturated carbocycles. The van der Waals surface area contributed by atoms with Crippen LogP contribution in [-0.2, 0) is 28.6 Å². The molecule has 17 heteroatoms. The summed E-state index contributed by atoms with van der Waals surface area (Å²) in [5.74, 6) is -2.25. The maximum absolute atomic E-state index is 13.4. The first-order chi connectivity index (χ1) is 19.1. The van der Waals surface area contributed by atoms with Crippen molar-refractivity contribution in [2.75, 3.05) is 16.6 Å². The number of hydrogen-bond acceptors (Lipinski definition) is 10. The Labute approximate surface area is 239 Å². The van der Waals surface area contributed by atoms with Gasteiger partial charge in [-0.2, -0.15) is 10.4 Å². The van der Waals surface area contributed by atoms with Crippen LogP contribution in [0.2, 0.25) is 5.15 Å². The molecule has 2 fully saturated rings. The van der Waals surface area contributed by atoms with E-state index in [2.05, 4.69) is 15.4 Å². The average Bonchev–Trinajstić information content (AvgIpc) is 3.49. The second-order valence-corrected chi connectivity index (χ2v) is 14.9. The van der Waals surface area contributed by atoms with E-state index in [1.807, 2.05) is 13.0 Å². The van der Waals surface area contributed by atoms with Crippen molar-refractivity contribution in [1.82, 2.24) is 14.8 Å². The highest BCUT2D eigenvalue weighted by atomic mass is 35.5. The number of nitrogens with one attached hydrogen (secondary N) is 1. The Morgan fingerprint density at radius 2 is 1.93 bits per heavy atom. The van der Waals surface area contributed by atoms with E-state index in [1.54, 1.807) is 26.0 Å². The van der Waals surface area contributed by atoms with Gasteiger partial charge in [0.2, 0.25) is 0 Å². The summed E-state index contributed by atoms with van der Waals surface area (Å²) in [4.78, 5) is 22.8. The van der Waals surface area contributed by atoms with Crippen LogP contribution in [0, 0.1) is 17.1 Å². The third-order valence-corrected chi connectivity index (χ3v) is 10.7. The van der Waals surface area contributed by atoms with E-state index in [0.29, 0.717) is 11.1 Å². The van der Waals surface area contributed by atoms with Crippen LogP contribution >= 0.6 is 19.2 Å². The van der Waals surface area contributed by atoms with Crippen LogP contribution in [0.1, 0.15) is 44.2 Å². The molecule has 5 atom stereocenters. The van der Waals surface area contributed by atoms with Crippen molar-refractivity contribution in [3.63, 3.8) is 0 Å². The number of nitrogens with zero attached hydrogens (tertiary/aromatic N) is 4. The third kappa shape index (κ3) is 6.11. The second-order valence-electron chi connectivity index (χ2n) is 10.3. The first-order valence-corrected chi connectivity index (χ1v) is 16.3. The number of rotatable bonds is 8. The number of ether oxygens (including phenoxy) is 3. The van der Waals surface area contributed by atoms with Crippen LogP contribution in [-0.4, -0.2) is 68.3 Å². The van der Waals surface area contributed by atoms with E-state index in [-0.39, 0.29) is 22.4 Å². The van der Waals surface area contributed by atoms with E-state index in [0.717, 1.165) is 5.56 Å². The molecule has 2 aliphatic rings. The molecule has 0 aliphatic carbocycles. The Kier molecular flexibility index (Phi) is 7.67. The lowest BCUT2D eigenvalue weighted by molar-refractivity contribution is -0.195. The lowest BCUT2D eigenvalue weighted by Gasteiger charge is -2.24. The Balaban J connectivity index is 1.53. The Hall–Kier alpha value is -2.67. The van der Waals surface area contributed by atoms with Crippen molar-refractivity contribution in [3.05, 3.63) is 52.6 Å². The van der Waals surface area contributed by atoms with E-state index in [9.17, 15) is 32.4 Å². The lowest BCUT2D eigenvalue weighted by Crippen LogP contribution is -2.35. The molecule has 5 rings (SSSR count). The predicted octanol–water partition coefficient (Wildman–Crippen LogP) is 3.24. The van der Waals surface area contributed by atoms with Crippen molar-refractivity contribution in [3.8, 4) is 6.07 Å². The lowest BCUT2D eigenvalue weighted by atomic mass is 10.1. The van der Waals surface area contributed by atoms with Crippen molar-refractivity contribution in [1.29, 1.82) is 5.26 Å². The topological polar surface area (TPSA) is 186 Å². The number of sulfone groups is 1. The molecule has 0 radical (unpaired) electrons. The predicted molar refractivity (Wildman–Crippen MR) is 144 cm³/mol. The fourth-order valence-corrected chi connectivity index (χ4v) is 8.53. The number of pyridine rings is 1. The number of anilines is 1. The molecule has 4 heterocycles. The average molecular weight is 630 g/mol. The van der Waals surface area contributed by atoms with Crippen LogP contribution in [0.4, 0.5) is 10.1 Å². The highest BCUT2D eigenvalue weighted by molar-refractivity contribution is 7.97. The number of nitriles is 1. The third-order valence-electron chi connectivity index (χ3n) is 6.69. The van der Waals surface area contributed by atoms with Gasteiger partial charge < -0.3 is 29.3 Å². The first-order valence-electron chi connectivity index (χ1n) is 12.3. The van der Waals surface area contributed by atoms with Gasteiger partial charge in [0.25, 0.3) is 0 Å². The first kappa shape index (κ1) is 29.8. The summed E-state index contributed by atoms with van der Waals surface area (Å²) in [5, 5.41) is 17.7. The highest BCUT2D eigenvalue weighted by Crippen LogP contribution is 2.45. The van der Waals surface area contributed by atoms with Gasteiger partial charge in [-0.15, -0.1) is 0 Å². The minimum absolute atomic E-state index is 0.0564. The number of hydrogen-bond donors (Lipinski definition) is 3. The van der Waals surface area contributed by atoms with Gasteiger partial charge in [0.15, 0.2) is 38.1 Å². The fraction of sp³-hybridized carbons (Fsp3) is 0.458. The number of benzene rings is 1. The largest absolute Gasteiger partial charge is 0.377 e. The minimum atomic E-state index is -4.86. The van der Waals surface area contributed by atoms with Crippen molar-refractivity contribution in [2.24, 2.45) is 0 Å². The molecular formula is C24H26ClFN5O8PS. The highest BCUT2D eigenvalue weighted by Gasteiger charge is 2.57. The Bertz CT molecular complexity index is 1690. The summed E-state index contributed by atoms with van der Waals surface area (Å²) in [5.41, 5.74) is -0.0280. The molecule has 0 spiro atoms. The van der Waals surface area contributed by atoms with Gasteiger partial charge in [0, 0.05) is 6.04 Å². The van der Waals surface area contributed by atoms with E-state index >= 15 is 0 Å². The van der Waals surface area contributed by atoms with Crippen LogP contribution in [0.15, 0.2) is 30.5 Å². The van der Waals surface area contributed by atoms with Crippen molar-refractivity contribution >= 4 is 45.8 Å². The Morgan fingerprint density at radius 3 is 2.56 bits per heavy atom. The summed E-state index contributed by atoms with van der Waals surface area (Å²) >= 11 is 6.41. The second kappa shape index (κ2) is 10.6. The summed E-state index contributed by atoms with van der Waals surface area (Å²) < 4.78 is 69.3. The quantitative estimate of drug-likeness (QED) is 0.244. The molecule has 2 aliphatic heterocycles. The minimum Gasteiger partial charge on any atom is -0.377 e. The number of fused-ring (bicyclic) bond motifs is 2. The molecular weight excluding hydrogens is 604 g/mol. The fourth-order valence-electron chi connectivity index (χ4n) is 5.07. The van der Waals surface area contributed by atoms with Gasteiger partial charge in [-0.3, -0.25) is 4.57 Å². The molecule has 13 nitrogen and oxygen atoms in total. The molecule has 1 unspecified atom stereocenters. The maximum Gasteiger partial charge on any atom is 0.340 e. The normalized spacial score (nSPS) is 24.7. The zero-order chi connectivity index (χ0) is 29.9. The monoisotopic (exact) mass is 629 g/mol. The molecule has 41 heavy (non-hydrogen) atoms. The molecule has 220 valence electrons. The molecule has 3 aromatic rings.